The molecule has 0 amide bonds. The van der Waals surface area contributed by atoms with E-state index in [1.807, 2.05) is 18.2 Å². The van der Waals surface area contributed by atoms with Gasteiger partial charge in [0.05, 0.1) is 12.4 Å². The lowest BCUT2D eigenvalue weighted by Gasteiger charge is -2.16. The predicted octanol–water partition coefficient (Wildman–Crippen LogP) is 7.09. The van der Waals surface area contributed by atoms with E-state index >= 15 is 0 Å². The molecular formula is C22H35O2. The molecule has 1 aromatic rings. The van der Waals surface area contributed by atoms with Crippen LogP contribution in [0.5, 0.6) is 11.5 Å². The Morgan fingerprint density at radius 3 is 2.50 bits per heavy atom. The van der Waals surface area contributed by atoms with Crippen molar-refractivity contribution in [1.29, 1.82) is 0 Å². The lowest BCUT2D eigenvalue weighted by Crippen LogP contribution is -2.12. The van der Waals surface area contributed by atoms with Crippen LogP contribution < -0.4 is 9.47 Å². The molecule has 0 bridgehead atoms. The molecule has 1 radical (unpaired) electrons. The zero-order valence-electron chi connectivity index (χ0n) is 15.9. The Morgan fingerprint density at radius 2 is 1.75 bits per heavy atom. The van der Waals surface area contributed by atoms with Crippen LogP contribution in [0.25, 0.3) is 0 Å². The molecule has 0 N–H and O–H groups in total. The van der Waals surface area contributed by atoms with Gasteiger partial charge in [-0.2, -0.15) is 0 Å². The minimum atomic E-state index is 0.213. The van der Waals surface area contributed by atoms with Crippen LogP contribution in [0.4, 0.5) is 0 Å². The first-order chi connectivity index (χ1) is 11.8. The van der Waals surface area contributed by atoms with Gasteiger partial charge in [0, 0.05) is 0 Å². The summed E-state index contributed by atoms with van der Waals surface area (Å²) in [7, 11) is 0. The second-order valence-corrected chi connectivity index (χ2v) is 6.49. The molecule has 2 heteroatoms. The van der Waals surface area contributed by atoms with Crippen molar-refractivity contribution in [3.8, 4) is 11.5 Å². The molecule has 0 heterocycles. The van der Waals surface area contributed by atoms with Crippen molar-refractivity contribution in [2.24, 2.45) is 0 Å². The molecule has 1 rings (SSSR count). The third kappa shape index (κ3) is 9.64. The van der Waals surface area contributed by atoms with Gasteiger partial charge in [-0.1, -0.05) is 58.4 Å². The number of allylic oxidation sites excluding steroid dienone is 1. The van der Waals surface area contributed by atoms with Gasteiger partial charge in [0.15, 0.2) is 11.5 Å². The van der Waals surface area contributed by atoms with Crippen LogP contribution in [0.3, 0.4) is 0 Å². The molecule has 0 saturated carbocycles. The summed E-state index contributed by atoms with van der Waals surface area (Å²) in [5.74, 6) is 1.56. The van der Waals surface area contributed by atoms with Crippen molar-refractivity contribution < 1.29 is 9.47 Å². The SMILES string of the molecule is CCCCCCC=COc1c[c]ccc1OC(C)CCCCCC. The molecule has 0 aliphatic rings. The molecule has 1 aromatic carbocycles. The van der Waals surface area contributed by atoms with Gasteiger partial charge in [-0.05, 0) is 56.9 Å². The van der Waals surface area contributed by atoms with Crippen LogP contribution in [0, 0.1) is 6.07 Å². The highest BCUT2D eigenvalue weighted by Gasteiger charge is 2.08. The molecule has 0 aromatic heterocycles. The molecule has 24 heavy (non-hydrogen) atoms. The fourth-order valence-corrected chi connectivity index (χ4v) is 2.60. The smallest absolute Gasteiger partial charge is 0.168 e. The molecule has 0 saturated heterocycles. The van der Waals surface area contributed by atoms with E-state index < -0.39 is 0 Å². The Balaban J connectivity index is 2.36. The van der Waals surface area contributed by atoms with Crippen molar-refractivity contribution in [2.75, 3.05) is 0 Å². The molecule has 0 aliphatic carbocycles. The van der Waals surface area contributed by atoms with Gasteiger partial charge >= 0.3 is 0 Å². The Labute approximate surface area is 149 Å². The van der Waals surface area contributed by atoms with Crippen LogP contribution >= 0.6 is 0 Å². The van der Waals surface area contributed by atoms with Gasteiger partial charge in [0.2, 0.25) is 0 Å². The summed E-state index contributed by atoms with van der Waals surface area (Å²) < 4.78 is 11.8. The maximum Gasteiger partial charge on any atom is 0.168 e. The monoisotopic (exact) mass is 331 g/mol. The lowest BCUT2D eigenvalue weighted by molar-refractivity contribution is 0.199. The number of hydrogen-bond acceptors (Lipinski definition) is 2. The first kappa shape index (κ1) is 20.6. The Morgan fingerprint density at radius 1 is 1.00 bits per heavy atom. The van der Waals surface area contributed by atoms with Crippen LogP contribution in [0.15, 0.2) is 30.5 Å². The Bertz CT molecular complexity index is 439. The van der Waals surface area contributed by atoms with E-state index in [0.717, 1.165) is 24.3 Å². The number of unbranched alkanes of at least 4 members (excludes halogenated alkanes) is 7. The summed E-state index contributed by atoms with van der Waals surface area (Å²) in [6, 6.07) is 8.73. The normalized spacial score (nSPS) is 12.5. The summed E-state index contributed by atoms with van der Waals surface area (Å²) in [6.07, 6.45) is 16.5. The first-order valence-corrected chi connectivity index (χ1v) is 9.76. The summed E-state index contributed by atoms with van der Waals surface area (Å²) >= 11 is 0. The van der Waals surface area contributed by atoms with E-state index in [-0.39, 0.29) is 6.10 Å². The van der Waals surface area contributed by atoms with Gasteiger partial charge in [-0.15, -0.1) is 0 Å². The van der Waals surface area contributed by atoms with Gasteiger partial charge in [-0.25, -0.2) is 0 Å². The number of rotatable bonds is 14. The quantitative estimate of drug-likeness (QED) is 0.268. The molecule has 0 aliphatic heterocycles. The van der Waals surface area contributed by atoms with Gasteiger partial charge in [0.25, 0.3) is 0 Å². The average molecular weight is 332 g/mol. The van der Waals surface area contributed by atoms with Crippen LogP contribution in [-0.2, 0) is 0 Å². The molecule has 135 valence electrons. The summed E-state index contributed by atoms with van der Waals surface area (Å²) in [6.45, 7) is 6.61. The topological polar surface area (TPSA) is 18.5 Å². The molecule has 2 nitrogen and oxygen atoms in total. The van der Waals surface area contributed by atoms with E-state index in [2.05, 4.69) is 32.9 Å². The summed E-state index contributed by atoms with van der Waals surface area (Å²) in [5, 5.41) is 0. The van der Waals surface area contributed by atoms with Crippen molar-refractivity contribution in [2.45, 2.75) is 91.1 Å². The van der Waals surface area contributed by atoms with E-state index in [0.29, 0.717) is 0 Å². The van der Waals surface area contributed by atoms with E-state index in [1.165, 1.54) is 51.4 Å². The summed E-state index contributed by atoms with van der Waals surface area (Å²) in [4.78, 5) is 0. The highest BCUT2D eigenvalue weighted by atomic mass is 16.5. The largest absolute Gasteiger partial charge is 0.487 e. The average Bonchev–Trinajstić information content (AvgIpc) is 2.59. The molecule has 1 unspecified atom stereocenters. The minimum Gasteiger partial charge on any atom is -0.487 e. The fraction of sp³-hybridized carbons (Fsp3) is 0.636. The second kappa shape index (κ2) is 13.9. The third-order valence-electron chi connectivity index (χ3n) is 4.10. The maximum absolute atomic E-state index is 6.06. The zero-order chi connectivity index (χ0) is 17.5. The van der Waals surface area contributed by atoms with Crippen LogP contribution in [-0.4, -0.2) is 6.10 Å². The lowest BCUT2D eigenvalue weighted by atomic mass is 10.1. The van der Waals surface area contributed by atoms with Crippen molar-refractivity contribution >= 4 is 0 Å². The zero-order valence-corrected chi connectivity index (χ0v) is 15.9. The molecular weight excluding hydrogens is 296 g/mol. The number of ether oxygens (including phenoxy) is 2. The summed E-state index contributed by atoms with van der Waals surface area (Å²) in [5.41, 5.74) is 0. The highest BCUT2D eigenvalue weighted by Crippen LogP contribution is 2.28. The Kier molecular flexibility index (Phi) is 12.0. The van der Waals surface area contributed by atoms with Crippen molar-refractivity contribution in [3.63, 3.8) is 0 Å². The standard InChI is InChI=1S/C22H35O2/c1-4-6-8-10-11-15-19-23-21-17-13-14-18-22(21)24-20(3)16-12-9-7-5-2/h14-15,17-20H,4-12,16H2,1-3H3. The second-order valence-electron chi connectivity index (χ2n) is 6.49. The fourth-order valence-electron chi connectivity index (χ4n) is 2.60. The van der Waals surface area contributed by atoms with E-state index in [1.54, 1.807) is 6.26 Å². The predicted molar refractivity (Wildman–Crippen MR) is 103 cm³/mol. The highest BCUT2D eigenvalue weighted by molar-refractivity contribution is 5.39. The molecule has 0 fully saturated rings. The molecule has 0 spiro atoms. The number of hydrogen-bond donors (Lipinski definition) is 0. The third-order valence-corrected chi connectivity index (χ3v) is 4.10. The van der Waals surface area contributed by atoms with Crippen molar-refractivity contribution in [1.82, 2.24) is 0 Å². The van der Waals surface area contributed by atoms with E-state index in [9.17, 15) is 0 Å². The number of benzene rings is 1. The van der Waals surface area contributed by atoms with Gasteiger partial charge in [-0.3, -0.25) is 0 Å². The van der Waals surface area contributed by atoms with Gasteiger partial charge < -0.3 is 9.47 Å². The minimum absolute atomic E-state index is 0.213. The first-order valence-electron chi connectivity index (χ1n) is 9.76. The van der Waals surface area contributed by atoms with E-state index in [4.69, 9.17) is 9.47 Å². The Hall–Kier alpha value is -1.44. The van der Waals surface area contributed by atoms with Crippen LogP contribution in [0.2, 0.25) is 0 Å². The van der Waals surface area contributed by atoms with Gasteiger partial charge in [0.1, 0.15) is 0 Å². The molecule has 1 atom stereocenters. The van der Waals surface area contributed by atoms with Crippen molar-refractivity contribution in [3.05, 3.63) is 36.6 Å². The van der Waals surface area contributed by atoms with Crippen LogP contribution in [0.1, 0.15) is 85.0 Å². The maximum atomic E-state index is 6.06.